The van der Waals surface area contributed by atoms with Gasteiger partial charge in [-0.2, -0.15) is 0 Å². The lowest BCUT2D eigenvalue weighted by molar-refractivity contribution is 0.456. The lowest BCUT2D eigenvalue weighted by Gasteiger charge is -2.20. The van der Waals surface area contributed by atoms with Crippen molar-refractivity contribution in [2.45, 2.75) is 25.3 Å². The largest absolute Gasteiger partial charge is 0.326 e. The molecule has 1 aliphatic heterocycles. The highest BCUT2D eigenvalue weighted by molar-refractivity contribution is 5.42. The van der Waals surface area contributed by atoms with E-state index in [0.717, 1.165) is 24.3 Å². The summed E-state index contributed by atoms with van der Waals surface area (Å²) in [5.41, 5.74) is 9.01. The van der Waals surface area contributed by atoms with Gasteiger partial charge in [0.15, 0.2) is 0 Å². The molecule has 0 amide bonds. The van der Waals surface area contributed by atoms with Gasteiger partial charge in [0.05, 0.1) is 5.69 Å². The summed E-state index contributed by atoms with van der Waals surface area (Å²) in [5.74, 6) is 0.560. The van der Waals surface area contributed by atoms with Crippen molar-refractivity contribution in [1.29, 1.82) is 0 Å². The Bertz CT molecular complexity index is 511. The molecule has 0 saturated carbocycles. The van der Waals surface area contributed by atoms with Gasteiger partial charge >= 0.3 is 0 Å². The molecule has 2 aromatic rings. The number of nitrogens with two attached hydrogens (primary N) is 1. The summed E-state index contributed by atoms with van der Waals surface area (Å²) in [6, 6.07) is 4.09. The Balaban J connectivity index is 1.95. The van der Waals surface area contributed by atoms with E-state index >= 15 is 0 Å². The first kappa shape index (κ1) is 10.7. The molecule has 4 nitrogen and oxygen atoms in total. The van der Waals surface area contributed by atoms with Crippen LogP contribution in [-0.2, 0) is 6.54 Å². The number of aromatic nitrogens is 2. The molecule has 0 aromatic carbocycles. The zero-order valence-corrected chi connectivity index (χ0v) is 9.89. The lowest BCUT2D eigenvalue weighted by atomic mass is 9.97. The van der Waals surface area contributed by atoms with Crippen LogP contribution in [0.5, 0.6) is 0 Å². The van der Waals surface area contributed by atoms with E-state index in [9.17, 15) is 0 Å². The number of pyridine rings is 1. The third-order valence-electron chi connectivity index (χ3n) is 3.48. The fraction of sp³-hybridized carbons (Fsp3) is 0.462. The van der Waals surface area contributed by atoms with Crippen LogP contribution in [0.4, 0.5) is 0 Å². The van der Waals surface area contributed by atoms with E-state index in [0.29, 0.717) is 12.5 Å². The molecule has 1 fully saturated rings. The Morgan fingerprint density at radius 1 is 1.41 bits per heavy atom. The summed E-state index contributed by atoms with van der Waals surface area (Å²) >= 11 is 0. The number of hydrogen-bond acceptors (Lipinski definition) is 3. The minimum Gasteiger partial charge on any atom is -0.326 e. The first-order valence-corrected chi connectivity index (χ1v) is 6.25. The minimum atomic E-state index is 0.560. The van der Waals surface area contributed by atoms with E-state index in [1.807, 2.05) is 12.1 Å². The van der Waals surface area contributed by atoms with Crippen molar-refractivity contribution in [3.05, 3.63) is 35.8 Å². The number of nitrogens with one attached hydrogen (secondary N) is 1. The maximum Gasteiger partial charge on any atom is 0.137 e. The van der Waals surface area contributed by atoms with E-state index in [-0.39, 0.29) is 0 Å². The van der Waals surface area contributed by atoms with Crippen LogP contribution in [0.2, 0.25) is 0 Å². The summed E-state index contributed by atoms with van der Waals surface area (Å²) in [4.78, 5) is 4.69. The van der Waals surface area contributed by atoms with Gasteiger partial charge in [0.25, 0.3) is 0 Å². The Morgan fingerprint density at radius 3 is 3.12 bits per heavy atom. The molecular formula is C13H18N4. The van der Waals surface area contributed by atoms with Crippen molar-refractivity contribution in [2.24, 2.45) is 5.73 Å². The molecule has 2 aromatic heterocycles. The second kappa shape index (κ2) is 4.47. The predicted molar refractivity (Wildman–Crippen MR) is 67.9 cm³/mol. The van der Waals surface area contributed by atoms with Crippen molar-refractivity contribution in [1.82, 2.24) is 14.7 Å². The van der Waals surface area contributed by atoms with Gasteiger partial charge in [-0.1, -0.05) is 6.07 Å². The van der Waals surface area contributed by atoms with Crippen molar-refractivity contribution in [3.63, 3.8) is 0 Å². The van der Waals surface area contributed by atoms with Crippen LogP contribution in [0.1, 0.15) is 30.0 Å². The third-order valence-corrected chi connectivity index (χ3v) is 3.48. The topological polar surface area (TPSA) is 55.3 Å². The van der Waals surface area contributed by atoms with Gasteiger partial charge in [0, 0.05) is 31.4 Å². The zero-order chi connectivity index (χ0) is 11.7. The molecule has 1 aliphatic rings. The van der Waals surface area contributed by atoms with E-state index in [1.165, 1.54) is 18.5 Å². The van der Waals surface area contributed by atoms with E-state index in [2.05, 4.69) is 22.1 Å². The van der Waals surface area contributed by atoms with E-state index in [1.54, 1.807) is 0 Å². The molecule has 1 saturated heterocycles. The number of piperidine rings is 1. The van der Waals surface area contributed by atoms with Crippen LogP contribution < -0.4 is 11.1 Å². The molecule has 1 atom stereocenters. The summed E-state index contributed by atoms with van der Waals surface area (Å²) in [6.45, 7) is 2.77. The maximum absolute atomic E-state index is 5.65. The number of hydrogen-bond donors (Lipinski definition) is 2. The Morgan fingerprint density at radius 2 is 2.35 bits per heavy atom. The van der Waals surface area contributed by atoms with Gasteiger partial charge in [-0.25, -0.2) is 4.98 Å². The SMILES string of the molecule is NCc1ccc2nc(C3CCCNC3)cn2c1. The highest BCUT2D eigenvalue weighted by Crippen LogP contribution is 2.22. The van der Waals surface area contributed by atoms with Crippen molar-refractivity contribution < 1.29 is 0 Å². The minimum absolute atomic E-state index is 0.560. The Hall–Kier alpha value is -1.39. The highest BCUT2D eigenvalue weighted by Gasteiger charge is 2.17. The normalized spacial score (nSPS) is 20.9. The fourth-order valence-electron chi connectivity index (χ4n) is 2.48. The summed E-state index contributed by atoms with van der Waals surface area (Å²) < 4.78 is 2.09. The summed E-state index contributed by atoms with van der Waals surface area (Å²) in [7, 11) is 0. The second-order valence-corrected chi connectivity index (χ2v) is 4.72. The van der Waals surface area contributed by atoms with Crippen molar-refractivity contribution in [3.8, 4) is 0 Å². The molecule has 3 N–H and O–H groups in total. The Kier molecular flexibility index (Phi) is 2.82. The molecule has 4 heteroatoms. The fourth-order valence-corrected chi connectivity index (χ4v) is 2.48. The number of fused-ring (bicyclic) bond motifs is 1. The van der Waals surface area contributed by atoms with Gasteiger partial charge in [-0.15, -0.1) is 0 Å². The van der Waals surface area contributed by atoms with Crippen LogP contribution in [-0.4, -0.2) is 22.5 Å². The molecule has 0 bridgehead atoms. The zero-order valence-electron chi connectivity index (χ0n) is 9.89. The quantitative estimate of drug-likeness (QED) is 0.816. The summed E-state index contributed by atoms with van der Waals surface area (Å²) in [5, 5.41) is 3.43. The van der Waals surface area contributed by atoms with Gasteiger partial charge in [0.2, 0.25) is 0 Å². The van der Waals surface area contributed by atoms with Crippen LogP contribution >= 0.6 is 0 Å². The molecule has 1 unspecified atom stereocenters. The average molecular weight is 230 g/mol. The van der Waals surface area contributed by atoms with Crippen LogP contribution in [0.3, 0.4) is 0 Å². The molecule has 0 aliphatic carbocycles. The molecule has 3 heterocycles. The van der Waals surface area contributed by atoms with Gasteiger partial charge in [0.1, 0.15) is 5.65 Å². The Labute approximate surface area is 101 Å². The van der Waals surface area contributed by atoms with Crippen LogP contribution in [0.15, 0.2) is 24.5 Å². The molecular weight excluding hydrogens is 212 g/mol. The van der Waals surface area contributed by atoms with Gasteiger partial charge in [-0.3, -0.25) is 0 Å². The van der Waals surface area contributed by atoms with E-state index < -0.39 is 0 Å². The average Bonchev–Trinajstić information content (AvgIpc) is 2.82. The van der Waals surface area contributed by atoms with Crippen LogP contribution in [0, 0.1) is 0 Å². The highest BCUT2D eigenvalue weighted by atomic mass is 15.0. The first-order valence-electron chi connectivity index (χ1n) is 6.25. The first-order chi connectivity index (χ1) is 8.36. The molecule has 0 spiro atoms. The monoisotopic (exact) mass is 230 g/mol. The number of rotatable bonds is 2. The number of nitrogens with zero attached hydrogens (tertiary/aromatic N) is 2. The predicted octanol–water partition coefficient (Wildman–Crippen LogP) is 1.26. The van der Waals surface area contributed by atoms with Crippen LogP contribution in [0.25, 0.3) is 5.65 Å². The lowest BCUT2D eigenvalue weighted by Crippen LogP contribution is -2.28. The van der Waals surface area contributed by atoms with Gasteiger partial charge < -0.3 is 15.5 Å². The van der Waals surface area contributed by atoms with Gasteiger partial charge in [-0.05, 0) is 31.0 Å². The van der Waals surface area contributed by atoms with E-state index in [4.69, 9.17) is 10.7 Å². The maximum atomic E-state index is 5.65. The molecule has 90 valence electrons. The van der Waals surface area contributed by atoms with Crippen molar-refractivity contribution in [2.75, 3.05) is 13.1 Å². The smallest absolute Gasteiger partial charge is 0.137 e. The van der Waals surface area contributed by atoms with Crippen molar-refractivity contribution >= 4 is 5.65 Å². The second-order valence-electron chi connectivity index (χ2n) is 4.72. The number of imidazole rings is 1. The molecule has 17 heavy (non-hydrogen) atoms. The summed E-state index contributed by atoms with van der Waals surface area (Å²) in [6.07, 6.45) is 6.70. The molecule has 3 rings (SSSR count). The third kappa shape index (κ3) is 2.06. The standard InChI is InChI=1S/C13H18N4/c14-6-10-3-4-13-16-12(9-17(13)8-10)11-2-1-5-15-7-11/h3-4,8-9,11,15H,1-2,5-7,14H2. The molecule has 0 radical (unpaired) electrons.